The zero-order valence-electron chi connectivity index (χ0n) is 13.6. The second-order valence-electron chi connectivity index (χ2n) is 6.53. The monoisotopic (exact) mass is 341 g/mol. The van der Waals surface area contributed by atoms with Crippen LogP contribution in [0.4, 0.5) is 5.69 Å². The number of rotatable bonds is 3. The van der Waals surface area contributed by atoms with Gasteiger partial charge in [0.1, 0.15) is 0 Å². The Hall–Kier alpha value is -2.27. The molecule has 0 aromatic heterocycles. The average molecular weight is 341 g/mol. The Morgan fingerprint density at radius 3 is 2.42 bits per heavy atom. The molecule has 0 bridgehead atoms. The number of thioether (sulfide) groups is 1. The summed E-state index contributed by atoms with van der Waals surface area (Å²) in [5.74, 6) is -0.133. The number of fused-ring (bicyclic) bond motifs is 1. The molecule has 124 valence electrons. The molecule has 5 heteroatoms. The van der Waals surface area contributed by atoms with E-state index in [9.17, 15) is 9.59 Å². The van der Waals surface area contributed by atoms with Crippen LogP contribution in [-0.2, 0) is 5.41 Å². The number of carboxylic acid groups (broad SMARTS) is 1. The van der Waals surface area contributed by atoms with Gasteiger partial charge in [0.15, 0.2) is 0 Å². The van der Waals surface area contributed by atoms with Crippen LogP contribution in [0.5, 0.6) is 0 Å². The molecule has 1 aliphatic rings. The van der Waals surface area contributed by atoms with Crippen molar-refractivity contribution in [2.45, 2.75) is 30.6 Å². The fourth-order valence-corrected chi connectivity index (χ4v) is 4.27. The van der Waals surface area contributed by atoms with Crippen LogP contribution >= 0.6 is 11.8 Å². The van der Waals surface area contributed by atoms with Crippen LogP contribution in [0.2, 0.25) is 0 Å². The Balaban J connectivity index is 1.81. The average Bonchev–Trinajstić information content (AvgIpc) is 2.55. The number of carboxylic acids is 1. The van der Waals surface area contributed by atoms with Crippen molar-refractivity contribution in [2.75, 3.05) is 11.1 Å². The van der Waals surface area contributed by atoms with E-state index in [1.807, 2.05) is 23.9 Å². The van der Waals surface area contributed by atoms with Crippen LogP contribution in [0.1, 0.15) is 46.5 Å². The van der Waals surface area contributed by atoms with E-state index in [1.54, 1.807) is 0 Å². The summed E-state index contributed by atoms with van der Waals surface area (Å²) in [4.78, 5) is 24.5. The molecule has 3 rings (SSSR count). The van der Waals surface area contributed by atoms with E-state index in [0.717, 1.165) is 17.9 Å². The first-order valence-electron chi connectivity index (χ1n) is 7.79. The Kier molecular flexibility index (Phi) is 4.37. The Labute approximate surface area is 145 Å². The number of hydrogen-bond donors (Lipinski definition) is 2. The van der Waals surface area contributed by atoms with Gasteiger partial charge in [-0.3, -0.25) is 4.79 Å². The van der Waals surface area contributed by atoms with E-state index >= 15 is 0 Å². The van der Waals surface area contributed by atoms with Gasteiger partial charge < -0.3 is 10.4 Å². The maximum Gasteiger partial charge on any atom is 0.335 e. The molecule has 0 aliphatic carbocycles. The highest BCUT2D eigenvalue weighted by atomic mass is 32.2. The summed E-state index contributed by atoms with van der Waals surface area (Å²) < 4.78 is 0. The maximum absolute atomic E-state index is 12.4. The van der Waals surface area contributed by atoms with Gasteiger partial charge in [-0.15, -0.1) is 11.8 Å². The summed E-state index contributed by atoms with van der Waals surface area (Å²) in [5, 5.41) is 11.8. The summed E-state index contributed by atoms with van der Waals surface area (Å²) >= 11 is 1.85. The molecule has 4 nitrogen and oxygen atoms in total. The van der Waals surface area contributed by atoms with Gasteiger partial charge in [0.05, 0.1) is 5.56 Å². The highest BCUT2D eigenvalue weighted by molar-refractivity contribution is 7.99. The van der Waals surface area contributed by atoms with Crippen LogP contribution in [0.3, 0.4) is 0 Å². The molecule has 1 amide bonds. The highest BCUT2D eigenvalue weighted by Gasteiger charge is 2.28. The first-order chi connectivity index (χ1) is 11.4. The van der Waals surface area contributed by atoms with Crippen LogP contribution in [0.25, 0.3) is 0 Å². The second-order valence-corrected chi connectivity index (χ2v) is 7.67. The van der Waals surface area contributed by atoms with Gasteiger partial charge in [0, 0.05) is 16.1 Å². The topological polar surface area (TPSA) is 66.4 Å². The van der Waals surface area contributed by atoms with Crippen LogP contribution in [0, 0.1) is 0 Å². The lowest BCUT2D eigenvalue weighted by atomic mass is 9.81. The van der Waals surface area contributed by atoms with Crippen molar-refractivity contribution in [3.05, 3.63) is 59.2 Å². The Morgan fingerprint density at radius 2 is 1.75 bits per heavy atom. The van der Waals surface area contributed by atoms with E-state index in [4.69, 9.17) is 5.11 Å². The molecule has 2 N–H and O–H groups in total. The number of carbonyl (C=O) groups is 2. The normalized spacial score (nSPS) is 15.4. The summed E-state index contributed by atoms with van der Waals surface area (Å²) in [5.41, 5.74) is 2.73. The van der Waals surface area contributed by atoms with Crippen LogP contribution in [0.15, 0.2) is 47.4 Å². The first kappa shape index (κ1) is 16.6. The molecule has 0 radical (unpaired) electrons. The fraction of sp³-hybridized carbons (Fsp3) is 0.263. The molecule has 0 fully saturated rings. The van der Waals surface area contributed by atoms with Crippen LogP contribution < -0.4 is 5.32 Å². The molecule has 0 saturated carbocycles. The predicted octanol–water partition coefficient (Wildman–Crippen LogP) is 4.41. The van der Waals surface area contributed by atoms with Crippen LogP contribution in [-0.4, -0.2) is 22.7 Å². The molecule has 0 atom stereocenters. The van der Waals surface area contributed by atoms with Gasteiger partial charge in [-0.05, 0) is 65.6 Å². The number of aromatic carboxylic acids is 1. The van der Waals surface area contributed by atoms with Gasteiger partial charge in [0.2, 0.25) is 0 Å². The number of anilines is 1. The molecule has 1 heterocycles. The van der Waals surface area contributed by atoms with E-state index in [-0.39, 0.29) is 16.9 Å². The third kappa shape index (κ3) is 3.31. The van der Waals surface area contributed by atoms with E-state index < -0.39 is 5.97 Å². The van der Waals surface area contributed by atoms with Crippen molar-refractivity contribution in [1.29, 1.82) is 0 Å². The summed E-state index contributed by atoms with van der Waals surface area (Å²) in [6.07, 6.45) is 1.11. The molecule has 1 aliphatic heterocycles. The number of nitrogens with one attached hydrogen (secondary N) is 1. The lowest BCUT2D eigenvalue weighted by Crippen LogP contribution is -2.23. The number of carbonyl (C=O) groups excluding carboxylic acids is 1. The third-order valence-corrected chi connectivity index (χ3v) is 5.42. The number of benzene rings is 2. The minimum absolute atomic E-state index is 0.102. The number of amides is 1. The standard InChI is InChI=1S/C19H19NO3S/c1-19(2)9-10-24-16-8-7-14(11-15(16)19)20-17(21)12-3-5-13(6-4-12)18(22)23/h3-8,11H,9-10H2,1-2H3,(H,20,21)(H,22,23). The minimum atomic E-state index is -1.00. The third-order valence-electron chi connectivity index (χ3n) is 4.35. The van der Waals surface area contributed by atoms with Crippen molar-refractivity contribution in [1.82, 2.24) is 0 Å². The van der Waals surface area contributed by atoms with E-state index in [2.05, 4.69) is 25.2 Å². The van der Waals surface area contributed by atoms with Gasteiger partial charge in [-0.2, -0.15) is 0 Å². The predicted molar refractivity (Wildman–Crippen MR) is 96.2 cm³/mol. The van der Waals surface area contributed by atoms with Crippen molar-refractivity contribution < 1.29 is 14.7 Å². The Morgan fingerprint density at radius 1 is 1.08 bits per heavy atom. The van der Waals surface area contributed by atoms with Crippen molar-refractivity contribution in [3.63, 3.8) is 0 Å². The summed E-state index contributed by atoms with van der Waals surface area (Å²) in [6, 6.07) is 11.9. The Bertz CT molecular complexity index is 797. The number of hydrogen-bond acceptors (Lipinski definition) is 3. The summed E-state index contributed by atoms with van der Waals surface area (Å²) in [7, 11) is 0. The van der Waals surface area contributed by atoms with Crippen molar-refractivity contribution in [3.8, 4) is 0 Å². The molecule has 2 aromatic carbocycles. The summed E-state index contributed by atoms with van der Waals surface area (Å²) in [6.45, 7) is 4.45. The lowest BCUT2D eigenvalue weighted by Gasteiger charge is -2.32. The fourth-order valence-electron chi connectivity index (χ4n) is 2.78. The molecule has 24 heavy (non-hydrogen) atoms. The molecule has 0 saturated heterocycles. The quantitative estimate of drug-likeness (QED) is 0.868. The van der Waals surface area contributed by atoms with E-state index in [1.165, 1.54) is 34.7 Å². The largest absolute Gasteiger partial charge is 0.478 e. The first-order valence-corrected chi connectivity index (χ1v) is 8.77. The molecule has 0 unspecified atom stereocenters. The van der Waals surface area contributed by atoms with Gasteiger partial charge in [0.25, 0.3) is 5.91 Å². The molecule has 2 aromatic rings. The SMILES string of the molecule is CC1(C)CCSc2ccc(NC(=O)c3ccc(C(=O)O)cc3)cc21. The lowest BCUT2D eigenvalue weighted by molar-refractivity contribution is 0.0696. The minimum Gasteiger partial charge on any atom is -0.478 e. The van der Waals surface area contributed by atoms with E-state index in [0.29, 0.717) is 5.56 Å². The molecular formula is C19H19NO3S. The smallest absolute Gasteiger partial charge is 0.335 e. The zero-order chi connectivity index (χ0) is 17.3. The molecule has 0 spiro atoms. The molecular weight excluding hydrogens is 322 g/mol. The zero-order valence-corrected chi connectivity index (χ0v) is 14.4. The van der Waals surface area contributed by atoms with Crippen molar-refractivity contribution >= 4 is 29.3 Å². The highest BCUT2D eigenvalue weighted by Crippen LogP contribution is 2.42. The van der Waals surface area contributed by atoms with Gasteiger partial charge in [-0.1, -0.05) is 13.8 Å². The maximum atomic E-state index is 12.4. The van der Waals surface area contributed by atoms with Gasteiger partial charge >= 0.3 is 5.97 Å². The van der Waals surface area contributed by atoms with Gasteiger partial charge in [-0.25, -0.2) is 4.79 Å². The second kappa shape index (κ2) is 6.32. The van der Waals surface area contributed by atoms with Crippen molar-refractivity contribution in [2.24, 2.45) is 0 Å².